The minimum Gasteiger partial charge on any atom is -0.308 e. The average Bonchev–Trinajstić information content (AvgIpc) is 2.23. The minimum absolute atomic E-state index is 0.418. The largest absolute Gasteiger partial charge is 0.308 e. The molecule has 100 valence electrons. The normalized spacial score (nSPS) is 30.7. The van der Waals surface area contributed by atoms with Crippen LogP contribution in [0.3, 0.4) is 0 Å². The molecule has 0 aromatic carbocycles. The Morgan fingerprint density at radius 3 is 2.41 bits per heavy atom. The van der Waals surface area contributed by atoms with E-state index < -0.39 is 0 Å². The standard InChI is InChI=1S/C15H30N2/c1-13-10-16-15(8-6-5-7-9-15)12-17(13)11-14(2,3)4/h13,16H,5-12H2,1-4H3. The van der Waals surface area contributed by atoms with Gasteiger partial charge in [0.1, 0.15) is 0 Å². The monoisotopic (exact) mass is 238 g/mol. The summed E-state index contributed by atoms with van der Waals surface area (Å²) in [5.41, 5.74) is 0.872. The number of hydrogen-bond acceptors (Lipinski definition) is 2. The molecule has 0 aromatic heterocycles. The van der Waals surface area contributed by atoms with Crippen LogP contribution < -0.4 is 5.32 Å². The minimum atomic E-state index is 0.418. The van der Waals surface area contributed by atoms with Crippen LogP contribution in [0, 0.1) is 5.41 Å². The van der Waals surface area contributed by atoms with E-state index in [9.17, 15) is 0 Å². The topological polar surface area (TPSA) is 15.3 Å². The molecule has 0 radical (unpaired) electrons. The molecule has 17 heavy (non-hydrogen) atoms. The maximum Gasteiger partial charge on any atom is 0.0309 e. The van der Waals surface area contributed by atoms with Crippen molar-refractivity contribution in [3.05, 3.63) is 0 Å². The summed E-state index contributed by atoms with van der Waals surface area (Å²) in [6.07, 6.45) is 7.06. The van der Waals surface area contributed by atoms with Crippen molar-refractivity contribution in [2.24, 2.45) is 5.41 Å². The van der Waals surface area contributed by atoms with Gasteiger partial charge in [0.15, 0.2) is 0 Å². The summed E-state index contributed by atoms with van der Waals surface area (Å²) in [6, 6.07) is 0.696. The lowest BCUT2D eigenvalue weighted by Crippen LogP contribution is -2.64. The van der Waals surface area contributed by atoms with Gasteiger partial charge in [-0.15, -0.1) is 0 Å². The lowest BCUT2D eigenvalue weighted by atomic mass is 9.79. The van der Waals surface area contributed by atoms with E-state index >= 15 is 0 Å². The molecule has 0 bridgehead atoms. The third kappa shape index (κ3) is 3.45. The molecule has 2 fully saturated rings. The number of piperazine rings is 1. The van der Waals surface area contributed by atoms with Crippen LogP contribution in [0.15, 0.2) is 0 Å². The van der Waals surface area contributed by atoms with Gasteiger partial charge in [0.25, 0.3) is 0 Å². The van der Waals surface area contributed by atoms with E-state index in [4.69, 9.17) is 0 Å². The van der Waals surface area contributed by atoms with Gasteiger partial charge in [0, 0.05) is 31.2 Å². The zero-order chi connectivity index (χ0) is 12.5. The molecule has 1 N–H and O–H groups in total. The Kier molecular flexibility index (Phi) is 3.84. The van der Waals surface area contributed by atoms with Gasteiger partial charge >= 0.3 is 0 Å². The summed E-state index contributed by atoms with van der Waals surface area (Å²) >= 11 is 0. The van der Waals surface area contributed by atoms with Crippen LogP contribution >= 0.6 is 0 Å². The SMILES string of the molecule is CC1CNC2(CCCCC2)CN1CC(C)(C)C. The van der Waals surface area contributed by atoms with Crippen LogP contribution in [0.5, 0.6) is 0 Å². The van der Waals surface area contributed by atoms with Gasteiger partial charge < -0.3 is 5.32 Å². The lowest BCUT2D eigenvalue weighted by Gasteiger charge is -2.50. The predicted octanol–water partition coefficient (Wildman–Crippen LogP) is 3.03. The van der Waals surface area contributed by atoms with E-state index in [-0.39, 0.29) is 0 Å². The molecule has 2 heteroatoms. The Morgan fingerprint density at radius 2 is 1.82 bits per heavy atom. The van der Waals surface area contributed by atoms with Gasteiger partial charge in [-0.1, -0.05) is 40.0 Å². The first kappa shape index (κ1) is 13.4. The summed E-state index contributed by atoms with van der Waals surface area (Å²) in [4.78, 5) is 2.72. The number of hydrogen-bond donors (Lipinski definition) is 1. The highest BCUT2D eigenvalue weighted by atomic mass is 15.3. The summed E-state index contributed by atoms with van der Waals surface area (Å²) in [5, 5.41) is 3.86. The number of rotatable bonds is 1. The van der Waals surface area contributed by atoms with Crippen LogP contribution in [0.25, 0.3) is 0 Å². The van der Waals surface area contributed by atoms with Crippen molar-refractivity contribution in [1.29, 1.82) is 0 Å². The quantitative estimate of drug-likeness (QED) is 0.755. The van der Waals surface area contributed by atoms with E-state index in [1.165, 1.54) is 51.7 Å². The fraction of sp³-hybridized carbons (Fsp3) is 1.00. The predicted molar refractivity (Wildman–Crippen MR) is 74.3 cm³/mol. The van der Waals surface area contributed by atoms with Crippen molar-refractivity contribution in [2.45, 2.75) is 71.4 Å². The average molecular weight is 238 g/mol. The third-order valence-electron chi connectivity index (χ3n) is 4.39. The van der Waals surface area contributed by atoms with Gasteiger partial charge in [-0.25, -0.2) is 0 Å². The summed E-state index contributed by atoms with van der Waals surface area (Å²) < 4.78 is 0. The Bertz CT molecular complexity index is 248. The number of nitrogens with zero attached hydrogens (tertiary/aromatic N) is 1. The van der Waals surface area contributed by atoms with Gasteiger partial charge in [0.05, 0.1) is 0 Å². The Balaban J connectivity index is 2.00. The highest BCUT2D eigenvalue weighted by Crippen LogP contribution is 2.32. The van der Waals surface area contributed by atoms with Crippen molar-refractivity contribution in [3.63, 3.8) is 0 Å². The molecule has 2 rings (SSSR count). The van der Waals surface area contributed by atoms with Crippen LogP contribution in [0.4, 0.5) is 0 Å². The van der Waals surface area contributed by atoms with Crippen molar-refractivity contribution in [3.8, 4) is 0 Å². The first-order chi connectivity index (χ1) is 7.90. The molecule has 1 heterocycles. The third-order valence-corrected chi connectivity index (χ3v) is 4.39. The first-order valence-electron chi connectivity index (χ1n) is 7.39. The van der Waals surface area contributed by atoms with E-state index in [2.05, 4.69) is 37.9 Å². The Labute approximate surface area is 107 Å². The van der Waals surface area contributed by atoms with Crippen LogP contribution in [-0.4, -0.2) is 36.1 Å². The molecule has 1 atom stereocenters. The first-order valence-corrected chi connectivity index (χ1v) is 7.39. The maximum atomic E-state index is 3.86. The van der Waals surface area contributed by atoms with Crippen molar-refractivity contribution in [2.75, 3.05) is 19.6 Å². The molecule has 1 saturated carbocycles. The van der Waals surface area contributed by atoms with Gasteiger partial charge in [-0.05, 0) is 25.2 Å². The number of nitrogens with one attached hydrogen (secondary N) is 1. The highest BCUT2D eigenvalue weighted by molar-refractivity contribution is 4.99. The van der Waals surface area contributed by atoms with Gasteiger partial charge in [0.2, 0.25) is 0 Å². The summed E-state index contributed by atoms with van der Waals surface area (Å²) in [5.74, 6) is 0. The molecule has 1 aliphatic carbocycles. The molecule has 1 spiro atoms. The Morgan fingerprint density at radius 1 is 1.18 bits per heavy atom. The molecule has 2 aliphatic rings. The molecule has 1 aliphatic heterocycles. The van der Waals surface area contributed by atoms with E-state index in [0.717, 1.165) is 0 Å². The second-order valence-electron chi connectivity index (χ2n) is 7.54. The maximum absolute atomic E-state index is 3.86. The molecular formula is C15H30N2. The fourth-order valence-corrected chi connectivity index (χ4v) is 3.48. The summed E-state index contributed by atoms with van der Waals surface area (Å²) in [7, 11) is 0. The van der Waals surface area contributed by atoms with Crippen molar-refractivity contribution >= 4 is 0 Å². The molecule has 2 nitrogen and oxygen atoms in total. The lowest BCUT2D eigenvalue weighted by molar-refractivity contribution is 0.0401. The van der Waals surface area contributed by atoms with Crippen LogP contribution in [0.2, 0.25) is 0 Å². The van der Waals surface area contributed by atoms with Gasteiger partial charge in [-0.3, -0.25) is 4.90 Å². The Hall–Kier alpha value is -0.0800. The molecule has 0 amide bonds. The molecule has 1 saturated heterocycles. The highest BCUT2D eigenvalue weighted by Gasteiger charge is 2.39. The molecule has 1 unspecified atom stereocenters. The van der Waals surface area contributed by atoms with Crippen LogP contribution in [0.1, 0.15) is 59.8 Å². The molecule has 0 aromatic rings. The van der Waals surface area contributed by atoms with Crippen LogP contribution in [-0.2, 0) is 0 Å². The fourth-order valence-electron chi connectivity index (χ4n) is 3.48. The molecular weight excluding hydrogens is 208 g/mol. The van der Waals surface area contributed by atoms with E-state index in [1.807, 2.05) is 0 Å². The zero-order valence-electron chi connectivity index (χ0n) is 12.2. The van der Waals surface area contributed by atoms with Gasteiger partial charge in [-0.2, -0.15) is 0 Å². The zero-order valence-corrected chi connectivity index (χ0v) is 12.2. The van der Waals surface area contributed by atoms with Crippen molar-refractivity contribution in [1.82, 2.24) is 10.2 Å². The van der Waals surface area contributed by atoms with E-state index in [0.29, 0.717) is 17.0 Å². The smallest absolute Gasteiger partial charge is 0.0309 e. The second kappa shape index (κ2) is 4.89. The second-order valence-corrected chi connectivity index (χ2v) is 7.54. The van der Waals surface area contributed by atoms with E-state index in [1.54, 1.807) is 0 Å². The van der Waals surface area contributed by atoms with Crippen molar-refractivity contribution < 1.29 is 0 Å². The summed E-state index contributed by atoms with van der Waals surface area (Å²) in [6.45, 7) is 13.1.